The molecular formula is C16H14N2O3. The van der Waals surface area contributed by atoms with Crippen LogP contribution < -0.4 is 5.73 Å². The number of nitrogens with zero attached hydrogens (tertiary/aromatic N) is 1. The zero-order chi connectivity index (χ0) is 14.8. The Labute approximate surface area is 121 Å². The van der Waals surface area contributed by atoms with Crippen molar-refractivity contribution in [2.75, 3.05) is 0 Å². The van der Waals surface area contributed by atoms with Crippen molar-refractivity contribution in [2.45, 2.75) is 12.5 Å². The molecular weight excluding hydrogens is 268 g/mol. The van der Waals surface area contributed by atoms with Gasteiger partial charge in [-0.3, -0.25) is 4.79 Å². The Morgan fingerprint density at radius 3 is 2.71 bits per heavy atom. The van der Waals surface area contributed by atoms with E-state index in [1.54, 1.807) is 0 Å². The Hall–Kier alpha value is -2.66. The highest BCUT2D eigenvalue weighted by atomic mass is 16.5. The molecule has 5 nitrogen and oxygen atoms in total. The monoisotopic (exact) mass is 282 g/mol. The minimum absolute atomic E-state index is 0.269. The fourth-order valence-corrected chi connectivity index (χ4v) is 2.25. The number of nitrogens with two attached hydrogens (primary N) is 1. The van der Waals surface area contributed by atoms with Crippen LogP contribution >= 0.6 is 0 Å². The maximum Gasteiger partial charge on any atom is 0.320 e. The third kappa shape index (κ3) is 2.64. The Morgan fingerprint density at radius 2 is 2.00 bits per heavy atom. The average Bonchev–Trinajstić information content (AvgIpc) is 2.91. The second kappa shape index (κ2) is 5.38. The third-order valence-electron chi connectivity index (χ3n) is 3.35. The lowest BCUT2D eigenvalue weighted by Gasteiger charge is -2.06. The van der Waals surface area contributed by atoms with Crippen molar-refractivity contribution >= 4 is 16.9 Å². The van der Waals surface area contributed by atoms with Crippen molar-refractivity contribution in [1.82, 2.24) is 5.16 Å². The summed E-state index contributed by atoms with van der Waals surface area (Å²) in [6.07, 6.45) is 0.269. The largest absolute Gasteiger partial charge is 0.480 e. The molecule has 1 unspecified atom stereocenters. The number of carboxylic acids is 1. The number of fused-ring (bicyclic) bond motifs is 1. The molecule has 106 valence electrons. The summed E-state index contributed by atoms with van der Waals surface area (Å²) in [6, 6.07) is 14.3. The number of hydrogen-bond acceptors (Lipinski definition) is 4. The van der Waals surface area contributed by atoms with Gasteiger partial charge in [-0.15, -0.1) is 0 Å². The van der Waals surface area contributed by atoms with Gasteiger partial charge in [0.05, 0.1) is 0 Å². The van der Waals surface area contributed by atoms with E-state index in [4.69, 9.17) is 15.4 Å². The predicted octanol–water partition coefficient (Wildman–Crippen LogP) is 2.45. The minimum atomic E-state index is -1.01. The van der Waals surface area contributed by atoms with Gasteiger partial charge < -0.3 is 15.4 Å². The molecule has 3 rings (SSSR count). The molecule has 2 aromatic carbocycles. The molecule has 0 aliphatic heterocycles. The van der Waals surface area contributed by atoms with E-state index in [1.165, 1.54) is 0 Å². The van der Waals surface area contributed by atoms with Gasteiger partial charge in [0.2, 0.25) is 0 Å². The first-order valence-corrected chi connectivity index (χ1v) is 6.57. The minimum Gasteiger partial charge on any atom is -0.480 e. The molecule has 1 heterocycles. The number of rotatable bonds is 4. The molecule has 0 aliphatic rings. The lowest BCUT2D eigenvalue weighted by molar-refractivity contribution is -0.138. The quantitative estimate of drug-likeness (QED) is 0.767. The molecule has 1 aromatic heterocycles. The first-order chi connectivity index (χ1) is 10.1. The van der Waals surface area contributed by atoms with Gasteiger partial charge in [-0.25, -0.2) is 0 Å². The Balaban J connectivity index is 2.02. The van der Waals surface area contributed by atoms with Gasteiger partial charge in [0.15, 0.2) is 5.76 Å². The van der Waals surface area contributed by atoms with Gasteiger partial charge in [0.25, 0.3) is 0 Å². The van der Waals surface area contributed by atoms with Crippen LogP contribution in [0.3, 0.4) is 0 Å². The van der Waals surface area contributed by atoms with Crippen LogP contribution in [0.25, 0.3) is 22.2 Å². The fraction of sp³-hybridized carbons (Fsp3) is 0.125. The average molecular weight is 282 g/mol. The summed E-state index contributed by atoms with van der Waals surface area (Å²) < 4.78 is 5.41. The number of benzene rings is 2. The summed E-state index contributed by atoms with van der Waals surface area (Å²) in [5.41, 5.74) is 8.09. The molecule has 3 aromatic rings. The summed E-state index contributed by atoms with van der Waals surface area (Å²) in [7, 11) is 0. The van der Waals surface area contributed by atoms with Gasteiger partial charge in [0, 0.05) is 10.9 Å². The predicted molar refractivity (Wildman–Crippen MR) is 78.8 cm³/mol. The normalized spacial score (nSPS) is 12.4. The summed E-state index contributed by atoms with van der Waals surface area (Å²) in [6.45, 7) is 0. The first kappa shape index (κ1) is 13.3. The maximum absolute atomic E-state index is 10.8. The topological polar surface area (TPSA) is 89.4 Å². The maximum atomic E-state index is 10.8. The first-order valence-electron chi connectivity index (χ1n) is 6.57. The fourth-order valence-electron chi connectivity index (χ4n) is 2.25. The van der Waals surface area contributed by atoms with E-state index < -0.39 is 12.0 Å². The van der Waals surface area contributed by atoms with Crippen LogP contribution in [0, 0.1) is 0 Å². The van der Waals surface area contributed by atoms with Crippen molar-refractivity contribution < 1.29 is 14.4 Å². The summed E-state index contributed by atoms with van der Waals surface area (Å²) in [5, 5.41) is 13.8. The Morgan fingerprint density at radius 1 is 1.24 bits per heavy atom. The highest BCUT2D eigenvalue weighted by Crippen LogP contribution is 2.29. The molecule has 0 saturated carbocycles. The number of aliphatic carboxylic acids is 1. The van der Waals surface area contributed by atoms with Crippen LogP contribution in [0.4, 0.5) is 0 Å². The van der Waals surface area contributed by atoms with E-state index in [9.17, 15) is 4.79 Å². The molecule has 1 atom stereocenters. The lowest BCUT2D eigenvalue weighted by atomic mass is 10.0. The van der Waals surface area contributed by atoms with E-state index in [0.29, 0.717) is 5.76 Å². The van der Waals surface area contributed by atoms with Crippen molar-refractivity contribution in [3.8, 4) is 11.3 Å². The SMILES string of the molecule is NC(Cc1ccc2noc(-c3ccccc3)c2c1)C(=O)O. The standard InChI is InChI=1S/C16H14N2O3/c17-13(16(19)20)9-10-6-7-14-12(8-10)15(21-18-14)11-4-2-1-3-5-11/h1-8,13H,9,17H2,(H,19,20). The van der Waals surface area contributed by atoms with Gasteiger partial charge in [-0.1, -0.05) is 41.6 Å². The molecule has 3 N–H and O–H groups in total. The van der Waals surface area contributed by atoms with Crippen LogP contribution in [-0.2, 0) is 11.2 Å². The third-order valence-corrected chi connectivity index (χ3v) is 3.35. The zero-order valence-corrected chi connectivity index (χ0v) is 11.2. The molecule has 0 radical (unpaired) electrons. The molecule has 5 heteroatoms. The van der Waals surface area contributed by atoms with E-state index in [2.05, 4.69) is 5.16 Å². The van der Waals surface area contributed by atoms with Crippen molar-refractivity contribution in [2.24, 2.45) is 5.73 Å². The van der Waals surface area contributed by atoms with Crippen LogP contribution in [0.1, 0.15) is 5.56 Å². The molecule has 0 fully saturated rings. The second-order valence-corrected chi connectivity index (χ2v) is 4.88. The Kier molecular flexibility index (Phi) is 3.41. The summed E-state index contributed by atoms with van der Waals surface area (Å²) in [4.78, 5) is 10.8. The number of aromatic nitrogens is 1. The molecule has 0 amide bonds. The van der Waals surface area contributed by atoms with E-state index in [-0.39, 0.29) is 6.42 Å². The number of carboxylic acid groups (broad SMARTS) is 1. The van der Waals surface area contributed by atoms with Crippen molar-refractivity contribution in [3.05, 3.63) is 54.1 Å². The van der Waals surface area contributed by atoms with Gasteiger partial charge in [-0.2, -0.15) is 0 Å². The van der Waals surface area contributed by atoms with Crippen molar-refractivity contribution in [1.29, 1.82) is 0 Å². The van der Waals surface area contributed by atoms with Crippen LogP contribution in [-0.4, -0.2) is 22.3 Å². The lowest BCUT2D eigenvalue weighted by Crippen LogP contribution is -2.32. The van der Waals surface area contributed by atoms with Gasteiger partial charge >= 0.3 is 5.97 Å². The highest BCUT2D eigenvalue weighted by molar-refractivity contribution is 5.92. The summed E-state index contributed by atoms with van der Waals surface area (Å²) >= 11 is 0. The van der Waals surface area contributed by atoms with Crippen molar-refractivity contribution in [3.63, 3.8) is 0 Å². The van der Waals surface area contributed by atoms with Crippen LogP contribution in [0.5, 0.6) is 0 Å². The molecule has 0 saturated heterocycles. The van der Waals surface area contributed by atoms with E-state index in [0.717, 1.165) is 22.0 Å². The highest BCUT2D eigenvalue weighted by Gasteiger charge is 2.15. The van der Waals surface area contributed by atoms with E-state index >= 15 is 0 Å². The molecule has 0 bridgehead atoms. The Bertz CT molecular complexity index is 781. The zero-order valence-electron chi connectivity index (χ0n) is 11.2. The summed E-state index contributed by atoms with van der Waals surface area (Å²) in [5.74, 6) is -0.333. The smallest absolute Gasteiger partial charge is 0.320 e. The molecule has 0 spiro atoms. The molecule has 21 heavy (non-hydrogen) atoms. The van der Waals surface area contributed by atoms with Gasteiger partial charge in [-0.05, 0) is 24.1 Å². The van der Waals surface area contributed by atoms with Crippen LogP contribution in [0.15, 0.2) is 53.1 Å². The van der Waals surface area contributed by atoms with Crippen LogP contribution in [0.2, 0.25) is 0 Å². The second-order valence-electron chi connectivity index (χ2n) is 4.88. The number of carbonyl (C=O) groups is 1. The number of hydrogen-bond donors (Lipinski definition) is 2. The van der Waals surface area contributed by atoms with E-state index in [1.807, 2.05) is 48.5 Å². The molecule has 0 aliphatic carbocycles. The van der Waals surface area contributed by atoms with Gasteiger partial charge in [0.1, 0.15) is 11.6 Å².